The molecule has 1 amide bonds. The van der Waals surface area contributed by atoms with Crippen LogP contribution in [0.4, 0.5) is 0 Å². The molecule has 198 valence electrons. The van der Waals surface area contributed by atoms with Crippen LogP contribution in [0.5, 0.6) is 16.7 Å². The molecule has 39 heavy (non-hydrogen) atoms. The molecule has 0 saturated carbocycles. The van der Waals surface area contributed by atoms with Crippen molar-refractivity contribution in [2.24, 2.45) is 0 Å². The van der Waals surface area contributed by atoms with Crippen LogP contribution in [-0.2, 0) is 6.61 Å². The highest BCUT2D eigenvalue weighted by Gasteiger charge is 2.17. The Balaban J connectivity index is 1.22. The molecule has 6 rings (SSSR count). The van der Waals surface area contributed by atoms with Crippen LogP contribution in [0.3, 0.4) is 0 Å². The van der Waals surface area contributed by atoms with Gasteiger partial charge in [0.15, 0.2) is 5.76 Å². The number of imidazole rings is 1. The number of fused-ring (bicyclic) bond motifs is 2. The molecule has 0 fully saturated rings. The molecule has 6 aromatic rings. The Bertz CT molecular complexity index is 1750. The van der Waals surface area contributed by atoms with E-state index in [0.717, 1.165) is 21.7 Å². The van der Waals surface area contributed by atoms with Gasteiger partial charge in [0.1, 0.15) is 34.4 Å². The molecule has 0 unspecified atom stereocenters. The van der Waals surface area contributed by atoms with Crippen molar-refractivity contribution >= 4 is 44.5 Å². The van der Waals surface area contributed by atoms with E-state index >= 15 is 0 Å². The summed E-state index contributed by atoms with van der Waals surface area (Å²) in [5.74, 6) is 1.73. The molecule has 0 radical (unpaired) electrons. The number of rotatable bonds is 9. The first-order chi connectivity index (χ1) is 19.0. The molecule has 0 aliphatic heterocycles. The minimum absolute atomic E-state index is 0.0890. The first kappa shape index (κ1) is 24.9. The van der Waals surface area contributed by atoms with E-state index in [1.807, 2.05) is 42.6 Å². The topological polar surface area (TPSA) is 113 Å². The third-order valence-electron chi connectivity index (χ3n) is 5.92. The summed E-state index contributed by atoms with van der Waals surface area (Å²) in [4.78, 5) is 22.1. The van der Waals surface area contributed by atoms with Gasteiger partial charge in [-0.2, -0.15) is 0 Å². The standard InChI is InChI=1S/C27H23N5O5S2/c1-4-28-24(33)15-5-7-16(8-6-15)25-29-17(14-38-25)13-36-21-9-18(34-2)10-22-19(21)11-23(37-22)20-12-32-26(30-20)39-27(31-32)35-3/h5-12,14H,4,13H2,1-3H3,(H,28,33). The Morgan fingerprint density at radius 2 is 1.95 bits per heavy atom. The van der Waals surface area contributed by atoms with Gasteiger partial charge >= 0.3 is 0 Å². The second-order valence-corrected chi connectivity index (χ2v) is 10.2. The molecule has 4 heterocycles. The maximum Gasteiger partial charge on any atom is 0.294 e. The van der Waals surface area contributed by atoms with Gasteiger partial charge in [0.05, 0.1) is 31.5 Å². The lowest BCUT2D eigenvalue weighted by Crippen LogP contribution is -2.22. The highest BCUT2D eigenvalue weighted by Crippen LogP contribution is 2.38. The first-order valence-corrected chi connectivity index (χ1v) is 13.7. The summed E-state index contributed by atoms with van der Waals surface area (Å²) >= 11 is 2.87. The summed E-state index contributed by atoms with van der Waals surface area (Å²) in [5, 5.41) is 11.3. The van der Waals surface area contributed by atoms with Crippen LogP contribution in [0, 0.1) is 0 Å². The van der Waals surface area contributed by atoms with E-state index in [1.165, 1.54) is 22.7 Å². The molecule has 0 aliphatic rings. The maximum absolute atomic E-state index is 12.0. The van der Waals surface area contributed by atoms with Crippen LogP contribution < -0.4 is 19.5 Å². The number of ether oxygens (including phenoxy) is 3. The van der Waals surface area contributed by atoms with Gasteiger partial charge in [-0.05, 0) is 36.5 Å². The summed E-state index contributed by atoms with van der Waals surface area (Å²) in [6, 6.07) is 13.0. The van der Waals surface area contributed by atoms with Crippen LogP contribution in [0.1, 0.15) is 23.0 Å². The summed E-state index contributed by atoms with van der Waals surface area (Å²) in [6.45, 7) is 2.75. The van der Waals surface area contributed by atoms with Crippen molar-refractivity contribution in [2.75, 3.05) is 20.8 Å². The summed E-state index contributed by atoms with van der Waals surface area (Å²) in [6.07, 6.45) is 1.80. The molecular formula is C27H23N5O5S2. The molecule has 0 aliphatic carbocycles. The van der Waals surface area contributed by atoms with E-state index in [9.17, 15) is 4.79 Å². The van der Waals surface area contributed by atoms with Crippen LogP contribution >= 0.6 is 22.7 Å². The Morgan fingerprint density at radius 3 is 2.69 bits per heavy atom. The van der Waals surface area contributed by atoms with Gasteiger partial charge in [0.2, 0.25) is 4.96 Å². The Kier molecular flexibility index (Phi) is 6.63. The highest BCUT2D eigenvalue weighted by atomic mass is 32.1. The Hall–Kier alpha value is -4.42. The van der Waals surface area contributed by atoms with Crippen molar-refractivity contribution in [1.82, 2.24) is 24.9 Å². The lowest BCUT2D eigenvalue weighted by Gasteiger charge is -2.08. The Labute approximate surface area is 230 Å². The number of nitrogens with one attached hydrogen (secondary N) is 1. The van der Waals surface area contributed by atoms with E-state index in [4.69, 9.17) is 23.6 Å². The molecule has 10 nitrogen and oxygen atoms in total. The highest BCUT2D eigenvalue weighted by molar-refractivity contribution is 7.18. The average molecular weight is 562 g/mol. The van der Waals surface area contributed by atoms with Gasteiger partial charge in [-0.25, -0.2) is 14.5 Å². The number of thiazole rings is 1. The lowest BCUT2D eigenvalue weighted by molar-refractivity contribution is 0.0956. The predicted octanol–water partition coefficient (Wildman–Crippen LogP) is 5.67. The zero-order valence-electron chi connectivity index (χ0n) is 21.3. The van der Waals surface area contributed by atoms with Crippen LogP contribution in [0.15, 0.2) is 58.5 Å². The minimum Gasteiger partial charge on any atom is -0.496 e. The van der Waals surface area contributed by atoms with Crippen molar-refractivity contribution in [3.05, 3.63) is 65.3 Å². The van der Waals surface area contributed by atoms with Crippen LogP contribution in [0.25, 0.3) is 38.0 Å². The van der Waals surface area contributed by atoms with Gasteiger partial charge in [-0.3, -0.25) is 4.79 Å². The van der Waals surface area contributed by atoms with E-state index in [0.29, 0.717) is 50.8 Å². The second kappa shape index (κ2) is 10.4. The molecule has 1 N–H and O–H groups in total. The van der Waals surface area contributed by atoms with Gasteiger partial charge in [0.25, 0.3) is 11.1 Å². The van der Waals surface area contributed by atoms with Crippen LogP contribution in [-0.4, -0.2) is 46.3 Å². The normalized spacial score (nSPS) is 11.3. The summed E-state index contributed by atoms with van der Waals surface area (Å²) in [5.41, 5.74) is 3.62. The van der Waals surface area contributed by atoms with Gasteiger partial charge in [0, 0.05) is 35.2 Å². The SMILES string of the molecule is CCNC(=O)c1ccc(-c2nc(COc3cc(OC)cc4oc(-c5cn6nc(OC)sc6n5)cc34)cs2)cc1. The molecule has 0 bridgehead atoms. The van der Waals surface area contributed by atoms with Gasteiger partial charge < -0.3 is 23.9 Å². The van der Waals surface area contributed by atoms with E-state index in [-0.39, 0.29) is 12.5 Å². The van der Waals surface area contributed by atoms with Crippen molar-refractivity contribution in [3.8, 4) is 38.7 Å². The zero-order chi connectivity index (χ0) is 26.9. The quantitative estimate of drug-likeness (QED) is 0.240. The minimum atomic E-state index is -0.0890. The van der Waals surface area contributed by atoms with Crippen molar-refractivity contribution in [3.63, 3.8) is 0 Å². The molecule has 2 aromatic carbocycles. The van der Waals surface area contributed by atoms with Crippen molar-refractivity contribution in [1.29, 1.82) is 0 Å². The number of carbonyl (C=O) groups excluding carboxylic acids is 1. The molecular weight excluding hydrogens is 538 g/mol. The summed E-state index contributed by atoms with van der Waals surface area (Å²) < 4.78 is 24.6. The number of hydrogen-bond donors (Lipinski definition) is 1. The van der Waals surface area contributed by atoms with E-state index in [2.05, 4.69) is 15.4 Å². The van der Waals surface area contributed by atoms with E-state index in [1.54, 1.807) is 37.1 Å². The number of furan rings is 1. The average Bonchev–Trinajstić information content (AvgIpc) is 3.74. The second-order valence-electron chi connectivity index (χ2n) is 8.44. The number of benzene rings is 2. The first-order valence-electron chi connectivity index (χ1n) is 12.0. The molecule has 0 atom stereocenters. The smallest absolute Gasteiger partial charge is 0.294 e. The van der Waals surface area contributed by atoms with Crippen molar-refractivity contribution in [2.45, 2.75) is 13.5 Å². The predicted molar refractivity (Wildman–Crippen MR) is 149 cm³/mol. The largest absolute Gasteiger partial charge is 0.496 e. The number of aromatic nitrogens is 4. The lowest BCUT2D eigenvalue weighted by atomic mass is 10.1. The van der Waals surface area contributed by atoms with Crippen LogP contribution in [0.2, 0.25) is 0 Å². The van der Waals surface area contributed by atoms with Gasteiger partial charge in [-0.15, -0.1) is 16.4 Å². The number of carbonyl (C=O) groups is 1. The fraction of sp³-hybridized carbons (Fsp3) is 0.185. The molecule has 12 heteroatoms. The third-order valence-corrected chi connectivity index (χ3v) is 7.74. The maximum atomic E-state index is 12.0. The van der Waals surface area contributed by atoms with Gasteiger partial charge in [-0.1, -0.05) is 12.1 Å². The summed E-state index contributed by atoms with van der Waals surface area (Å²) in [7, 11) is 3.17. The number of nitrogens with zero attached hydrogens (tertiary/aromatic N) is 4. The zero-order valence-corrected chi connectivity index (χ0v) is 22.9. The number of hydrogen-bond acceptors (Lipinski definition) is 10. The molecule has 0 saturated heterocycles. The Morgan fingerprint density at radius 1 is 1.10 bits per heavy atom. The fourth-order valence-electron chi connectivity index (χ4n) is 4.01. The number of methoxy groups -OCH3 is 2. The monoisotopic (exact) mass is 561 g/mol. The molecule has 0 spiro atoms. The number of amides is 1. The third kappa shape index (κ3) is 4.91. The van der Waals surface area contributed by atoms with Crippen molar-refractivity contribution < 1.29 is 23.4 Å². The van der Waals surface area contributed by atoms with E-state index < -0.39 is 0 Å². The fourth-order valence-corrected chi connectivity index (χ4v) is 5.52. The molecule has 4 aromatic heterocycles.